The molecule has 10 heteroatoms. The van der Waals surface area contributed by atoms with Crippen LogP contribution >= 0.6 is 0 Å². The van der Waals surface area contributed by atoms with Crippen molar-refractivity contribution in [1.82, 2.24) is 10.2 Å². The second-order valence-electron chi connectivity index (χ2n) is 12.9. The standard InChI is InChI=1S/C33H50N2O8/c1-21(10-13-29-31(38)33(20-40-33)19-26(43-29)18-23(3)36)9-12-28-22(2)17-27(25(5)42-28)34-30(37)14-11-24(4)41-32(39)35-15-7-6-8-16-35/h9-11,13-14,22,24-29,31,38H,6-8,12,15-20H2,1-5H3,(H,34,37)/b13-10+,14-11-,21-9+/t22-,24-,25+,26+,27+,28-,29+,31+,33+/m0/s1. The normalized spacial score (nSPS) is 35.7. The fraction of sp³-hybridized carbons (Fsp3) is 0.727. The fourth-order valence-electron chi connectivity index (χ4n) is 6.26. The molecule has 4 aliphatic rings. The number of hydrogen-bond donors (Lipinski definition) is 2. The first-order valence-corrected chi connectivity index (χ1v) is 15.9. The summed E-state index contributed by atoms with van der Waals surface area (Å²) in [5.74, 6) is 0.0556. The third-order valence-electron chi connectivity index (χ3n) is 8.99. The van der Waals surface area contributed by atoms with Gasteiger partial charge in [-0.25, -0.2) is 4.79 Å². The lowest BCUT2D eigenvalue weighted by molar-refractivity contribution is -0.143. The smallest absolute Gasteiger partial charge is 0.410 e. The Morgan fingerprint density at radius 1 is 1.12 bits per heavy atom. The van der Waals surface area contributed by atoms with E-state index in [0.29, 0.717) is 19.4 Å². The molecule has 2 amide bonds. The van der Waals surface area contributed by atoms with Crippen LogP contribution in [0.1, 0.15) is 79.6 Å². The molecule has 4 aliphatic heterocycles. The molecule has 4 saturated heterocycles. The number of hydrogen-bond acceptors (Lipinski definition) is 8. The number of epoxide rings is 1. The van der Waals surface area contributed by atoms with E-state index >= 15 is 0 Å². The Morgan fingerprint density at radius 2 is 1.84 bits per heavy atom. The van der Waals surface area contributed by atoms with Gasteiger partial charge in [-0.2, -0.15) is 0 Å². The number of nitrogens with one attached hydrogen (secondary N) is 1. The first-order valence-electron chi connectivity index (χ1n) is 15.9. The number of nitrogens with zero attached hydrogens (tertiary/aromatic N) is 1. The number of likely N-dealkylation sites (tertiary alicyclic amines) is 1. The number of amides is 2. The highest BCUT2D eigenvalue weighted by molar-refractivity contribution is 5.87. The van der Waals surface area contributed by atoms with Gasteiger partial charge in [0, 0.05) is 32.0 Å². The Balaban J connectivity index is 1.21. The molecule has 0 aliphatic carbocycles. The molecule has 0 aromatic rings. The van der Waals surface area contributed by atoms with Crippen molar-refractivity contribution in [3.63, 3.8) is 0 Å². The molecule has 0 aromatic carbocycles. The molecule has 4 fully saturated rings. The van der Waals surface area contributed by atoms with Gasteiger partial charge in [0.2, 0.25) is 5.91 Å². The fourth-order valence-corrected chi connectivity index (χ4v) is 6.26. The Hall–Kier alpha value is -2.53. The number of carbonyl (C=O) groups is 3. The lowest BCUT2D eigenvalue weighted by atomic mass is 9.87. The summed E-state index contributed by atoms with van der Waals surface area (Å²) in [5.41, 5.74) is 0.431. The average molecular weight is 603 g/mol. The molecule has 10 nitrogen and oxygen atoms in total. The van der Waals surface area contributed by atoms with Crippen LogP contribution in [-0.2, 0) is 28.5 Å². The molecule has 2 N–H and O–H groups in total. The van der Waals surface area contributed by atoms with Crippen LogP contribution in [0, 0.1) is 5.92 Å². The van der Waals surface area contributed by atoms with Crippen LogP contribution in [0.3, 0.4) is 0 Å². The summed E-state index contributed by atoms with van der Waals surface area (Å²) >= 11 is 0. The molecule has 0 radical (unpaired) electrons. The molecule has 1 spiro atoms. The van der Waals surface area contributed by atoms with Crippen LogP contribution in [0.4, 0.5) is 4.79 Å². The topological polar surface area (TPSA) is 127 Å². The number of piperidine rings is 1. The van der Waals surface area contributed by atoms with Crippen LogP contribution in [0.15, 0.2) is 36.0 Å². The first-order chi connectivity index (χ1) is 20.5. The van der Waals surface area contributed by atoms with Crippen molar-refractivity contribution < 1.29 is 38.4 Å². The minimum absolute atomic E-state index is 0.0101. The van der Waals surface area contributed by atoms with Gasteiger partial charge < -0.3 is 34.3 Å². The number of aliphatic hydroxyl groups is 1. The van der Waals surface area contributed by atoms with Crippen LogP contribution in [-0.4, -0.2) is 95.8 Å². The molecule has 9 atom stereocenters. The second kappa shape index (κ2) is 15.0. The second-order valence-corrected chi connectivity index (χ2v) is 12.9. The maximum absolute atomic E-state index is 12.6. The van der Waals surface area contributed by atoms with E-state index in [0.717, 1.165) is 50.8 Å². The van der Waals surface area contributed by atoms with Gasteiger partial charge in [-0.1, -0.05) is 30.7 Å². The largest absolute Gasteiger partial charge is 0.442 e. The molecule has 0 bridgehead atoms. The monoisotopic (exact) mass is 602 g/mol. The number of Topliss-reactive ketones (excluding diaryl/α,β-unsaturated/α-hetero) is 1. The van der Waals surface area contributed by atoms with E-state index in [1.165, 1.54) is 6.08 Å². The van der Waals surface area contributed by atoms with E-state index in [9.17, 15) is 19.5 Å². The Morgan fingerprint density at radius 3 is 2.51 bits per heavy atom. The predicted octanol–water partition coefficient (Wildman–Crippen LogP) is 4.01. The third kappa shape index (κ3) is 9.48. The van der Waals surface area contributed by atoms with Crippen LogP contribution in [0.5, 0.6) is 0 Å². The van der Waals surface area contributed by atoms with Crippen LogP contribution in [0.2, 0.25) is 0 Å². The van der Waals surface area contributed by atoms with E-state index in [4.69, 9.17) is 18.9 Å². The highest BCUT2D eigenvalue weighted by Gasteiger charge is 2.58. The summed E-state index contributed by atoms with van der Waals surface area (Å²) in [6.07, 6.45) is 11.9. The number of ether oxygens (including phenoxy) is 4. The van der Waals surface area contributed by atoms with Crippen molar-refractivity contribution in [3.05, 3.63) is 36.0 Å². The zero-order valence-electron chi connectivity index (χ0n) is 26.3. The Kier molecular flexibility index (Phi) is 11.6. The van der Waals surface area contributed by atoms with E-state index in [-0.39, 0.29) is 48.1 Å². The maximum atomic E-state index is 12.6. The van der Waals surface area contributed by atoms with Crippen molar-refractivity contribution in [2.75, 3.05) is 19.7 Å². The van der Waals surface area contributed by atoms with Crippen molar-refractivity contribution in [1.29, 1.82) is 0 Å². The van der Waals surface area contributed by atoms with Crippen molar-refractivity contribution in [3.8, 4) is 0 Å². The molecule has 4 rings (SSSR count). The highest BCUT2D eigenvalue weighted by Crippen LogP contribution is 2.43. The quantitative estimate of drug-likeness (QED) is 0.218. The average Bonchev–Trinajstić information content (AvgIpc) is 3.74. The van der Waals surface area contributed by atoms with E-state index < -0.39 is 23.9 Å². The van der Waals surface area contributed by atoms with Gasteiger partial charge in [0.05, 0.1) is 31.0 Å². The summed E-state index contributed by atoms with van der Waals surface area (Å²) in [7, 11) is 0. The summed E-state index contributed by atoms with van der Waals surface area (Å²) in [6, 6.07) is -0.121. The SMILES string of the molecule is CC(=O)C[C@@H]1C[C@@]2(CO2)[C@H](O)[C@@H](/C=C/C(C)=C/C[C@@H]2O[C@H](C)[C@H](NC(=O)/C=C\[C@H](C)OC(=O)N3CCCCC3)C[C@@H]2C)O1. The Bertz CT molecular complexity index is 1080. The van der Waals surface area contributed by atoms with Gasteiger partial charge in [-0.05, 0) is 71.8 Å². The number of allylic oxidation sites excluding steroid dienone is 2. The zero-order chi connectivity index (χ0) is 31.1. The lowest BCUT2D eigenvalue weighted by Gasteiger charge is -2.39. The molecule has 4 heterocycles. The first kappa shape index (κ1) is 33.4. The van der Waals surface area contributed by atoms with Gasteiger partial charge in [-0.3, -0.25) is 9.59 Å². The molecular weight excluding hydrogens is 552 g/mol. The maximum Gasteiger partial charge on any atom is 0.410 e. The van der Waals surface area contributed by atoms with Gasteiger partial charge in [0.15, 0.2) is 0 Å². The van der Waals surface area contributed by atoms with Crippen LogP contribution < -0.4 is 5.32 Å². The molecular formula is C33H50N2O8. The summed E-state index contributed by atoms with van der Waals surface area (Å²) in [4.78, 5) is 38.2. The highest BCUT2D eigenvalue weighted by atomic mass is 16.6. The minimum Gasteiger partial charge on any atom is -0.442 e. The van der Waals surface area contributed by atoms with Crippen molar-refractivity contribution >= 4 is 17.8 Å². The van der Waals surface area contributed by atoms with Crippen LogP contribution in [0.25, 0.3) is 0 Å². The van der Waals surface area contributed by atoms with E-state index in [1.54, 1.807) is 24.8 Å². The summed E-state index contributed by atoms with van der Waals surface area (Å²) in [5, 5.41) is 13.8. The van der Waals surface area contributed by atoms with Gasteiger partial charge >= 0.3 is 6.09 Å². The predicted molar refractivity (Wildman–Crippen MR) is 161 cm³/mol. The summed E-state index contributed by atoms with van der Waals surface area (Å²) in [6.45, 7) is 11.3. The molecule has 43 heavy (non-hydrogen) atoms. The van der Waals surface area contributed by atoms with E-state index in [2.05, 4.69) is 18.3 Å². The molecule has 0 aromatic heterocycles. The van der Waals surface area contributed by atoms with Crippen molar-refractivity contribution in [2.24, 2.45) is 5.92 Å². The third-order valence-corrected chi connectivity index (χ3v) is 8.99. The number of rotatable bonds is 10. The summed E-state index contributed by atoms with van der Waals surface area (Å²) < 4.78 is 23.4. The Labute approximate surface area is 255 Å². The zero-order valence-corrected chi connectivity index (χ0v) is 26.3. The lowest BCUT2D eigenvalue weighted by Crippen LogP contribution is -2.50. The van der Waals surface area contributed by atoms with E-state index in [1.807, 2.05) is 26.0 Å². The van der Waals surface area contributed by atoms with Gasteiger partial charge in [0.25, 0.3) is 0 Å². The number of ketones is 1. The number of aliphatic hydroxyl groups excluding tert-OH is 1. The van der Waals surface area contributed by atoms with Gasteiger partial charge in [0.1, 0.15) is 29.7 Å². The molecule has 240 valence electrons. The molecule has 0 saturated carbocycles. The van der Waals surface area contributed by atoms with Crippen molar-refractivity contribution in [2.45, 2.75) is 128 Å². The number of carbonyl (C=O) groups excluding carboxylic acids is 3. The van der Waals surface area contributed by atoms with Gasteiger partial charge in [-0.15, -0.1) is 0 Å². The molecule has 0 unspecified atom stereocenters. The minimum atomic E-state index is -0.762.